The summed E-state index contributed by atoms with van der Waals surface area (Å²) in [5.41, 5.74) is 1.27. The van der Waals surface area contributed by atoms with Crippen LogP contribution in [-0.4, -0.2) is 49.1 Å². The predicted octanol–water partition coefficient (Wildman–Crippen LogP) is 0.944. The fraction of sp³-hybridized carbons (Fsp3) is 0.714. The molecular weight excluding hydrogens is 254 g/mol. The van der Waals surface area contributed by atoms with Gasteiger partial charge in [-0.1, -0.05) is 0 Å². The Hall–Kier alpha value is -1.56. The molecule has 2 N–H and O–H groups in total. The maximum absolute atomic E-state index is 5.29. The first-order valence-electron chi connectivity index (χ1n) is 7.26. The lowest BCUT2D eigenvalue weighted by molar-refractivity contribution is 0.145. The fourth-order valence-corrected chi connectivity index (χ4v) is 1.85. The zero-order valence-corrected chi connectivity index (χ0v) is 12.9. The Balaban J connectivity index is 2.06. The third kappa shape index (κ3) is 7.13. The van der Waals surface area contributed by atoms with E-state index >= 15 is 0 Å². The first kappa shape index (κ1) is 16.5. The third-order valence-electron chi connectivity index (χ3n) is 2.88. The van der Waals surface area contributed by atoms with Crippen molar-refractivity contribution in [3.63, 3.8) is 0 Å². The van der Waals surface area contributed by atoms with Gasteiger partial charge >= 0.3 is 0 Å². The van der Waals surface area contributed by atoms with Gasteiger partial charge in [-0.25, -0.2) is 0 Å². The largest absolute Gasteiger partial charge is 0.382 e. The summed E-state index contributed by atoms with van der Waals surface area (Å²) < 4.78 is 7.13. The Morgan fingerprint density at radius 1 is 1.35 bits per heavy atom. The highest BCUT2D eigenvalue weighted by atomic mass is 16.5. The van der Waals surface area contributed by atoms with Crippen molar-refractivity contribution in [1.82, 2.24) is 20.4 Å². The van der Waals surface area contributed by atoms with Gasteiger partial charge in [0.25, 0.3) is 0 Å². The average molecular weight is 281 g/mol. The Morgan fingerprint density at radius 3 is 2.70 bits per heavy atom. The van der Waals surface area contributed by atoms with Crippen LogP contribution >= 0.6 is 0 Å². The topological polar surface area (TPSA) is 63.5 Å². The Labute approximate surface area is 121 Å². The normalized spacial score (nSPS) is 11.7. The van der Waals surface area contributed by atoms with E-state index in [1.807, 2.05) is 24.9 Å². The van der Waals surface area contributed by atoms with Crippen LogP contribution < -0.4 is 10.6 Å². The van der Waals surface area contributed by atoms with Gasteiger partial charge in [0, 0.05) is 46.6 Å². The summed E-state index contributed by atoms with van der Waals surface area (Å²) in [6.07, 6.45) is 7.05. The van der Waals surface area contributed by atoms with Crippen LogP contribution in [0.3, 0.4) is 0 Å². The number of ether oxygens (including phenoxy) is 1. The molecule has 0 saturated heterocycles. The molecule has 0 saturated carbocycles. The molecule has 0 spiro atoms. The molecule has 1 aromatic heterocycles. The molecule has 6 nitrogen and oxygen atoms in total. The summed E-state index contributed by atoms with van der Waals surface area (Å²) in [5.74, 6) is 0.854. The molecule has 1 heterocycles. The van der Waals surface area contributed by atoms with E-state index in [0.29, 0.717) is 0 Å². The number of aromatic nitrogens is 2. The first-order chi connectivity index (χ1) is 9.76. The minimum atomic E-state index is 0.779. The highest BCUT2D eigenvalue weighted by Crippen LogP contribution is 1.99. The second-order valence-electron chi connectivity index (χ2n) is 4.60. The number of guanidine groups is 1. The Morgan fingerprint density at radius 2 is 2.10 bits per heavy atom. The maximum Gasteiger partial charge on any atom is 0.190 e. The minimum absolute atomic E-state index is 0.779. The predicted molar refractivity (Wildman–Crippen MR) is 82.0 cm³/mol. The van der Waals surface area contributed by atoms with Crippen LogP contribution in [0.4, 0.5) is 0 Å². The number of rotatable bonds is 9. The van der Waals surface area contributed by atoms with E-state index in [1.54, 1.807) is 7.05 Å². The van der Waals surface area contributed by atoms with Crippen molar-refractivity contribution < 1.29 is 4.74 Å². The number of nitrogens with one attached hydrogen (secondary N) is 2. The van der Waals surface area contributed by atoms with Crippen molar-refractivity contribution in [2.75, 3.05) is 33.4 Å². The number of aryl methyl sites for hydroxylation is 2. The van der Waals surface area contributed by atoms with E-state index in [4.69, 9.17) is 4.74 Å². The molecule has 0 aliphatic rings. The zero-order valence-electron chi connectivity index (χ0n) is 12.9. The lowest BCUT2D eigenvalue weighted by Crippen LogP contribution is -2.38. The van der Waals surface area contributed by atoms with Crippen LogP contribution in [0.15, 0.2) is 17.4 Å². The lowest BCUT2D eigenvalue weighted by Gasteiger charge is -2.11. The van der Waals surface area contributed by atoms with E-state index < -0.39 is 0 Å². The summed E-state index contributed by atoms with van der Waals surface area (Å²) in [5, 5.41) is 10.7. The summed E-state index contributed by atoms with van der Waals surface area (Å²) in [7, 11) is 3.73. The third-order valence-corrected chi connectivity index (χ3v) is 2.88. The quantitative estimate of drug-likeness (QED) is 0.402. The van der Waals surface area contributed by atoms with Gasteiger partial charge in [-0.05, 0) is 31.7 Å². The molecule has 0 amide bonds. The summed E-state index contributed by atoms with van der Waals surface area (Å²) in [6, 6.07) is 0. The molecule has 20 heavy (non-hydrogen) atoms. The second-order valence-corrected chi connectivity index (χ2v) is 4.60. The Kier molecular flexibility index (Phi) is 8.46. The molecule has 0 aliphatic carbocycles. The van der Waals surface area contributed by atoms with Gasteiger partial charge < -0.3 is 15.4 Å². The van der Waals surface area contributed by atoms with Gasteiger partial charge in [0.1, 0.15) is 0 Å². The lowest BCUT2D eigenvalue weighted by atomic mass is 10.2. The van der Waals surface area contributed by atoms with Crippen molar-refractivity contribution in [3.05, 3.63) is 18.0 Å². The number of aliphatic imine (C=N–C) groups is 1. The van der Waals surface area contributed by atoms with Crippen LogP contribution in [0.5, 0.6) is 0 Å². The summed E-state index contributed by atoms with van der Waals surface area (Å²) in [6.45, 7) is 5.36. The SMILES string of the molecule is CCOCCCNC(=NC)NCCCc1cnn(C)c1. The molecule has 0 bridgehead atoms. The average Bonchev–Trinajstić information content (AvgIpc) is 2.86. The van der Waals surface area contributed by atoms with E-state index in [1.165, 1.54) is 5.56 Å². The molecule has 0 aliphatic heterocycles. The zero-order chi connectivity index (χ0) is 14.6. The number of hydrogen-bond acceptors (Lipinski definition) is 3. The molecule has 6 heteroatoms. The summed E-state index contributed by atoms with van der Waals surface area (Å²) >= 11 is 0. The van der Waals surface area contributed by atoms with Crippen molar-refractivity contribution in [1.29, 1.82) is 0 Å². The highest BCUT2D eigenvalue weighted by molar-refractivity contribution is 5.79. The van der Waals surface area contributed by atoms with Gasteiger partial charge in [-0.2, -0.15) is 5.10 Å². The van der Waals surface area contributed by atoms with E-state index in [2.05, 4.69) is 26.9 Å². The monoisotopic (exact) mass is 281 g/mol. The van der Waals surface area contributed by atoms with Crippen LogP contribution in [-0.2, 0) is 18.2 Å². The summed E-state index contributed by atoms with van der Waals surface area (Å²) in [4.78, 5) is 4.19. The van der Waals surface area contributed by atoms with Gasteiger partial charge in [-0.15, -0.1) is 0 Å². The molecule has 0 aromatic carbocycles. The van der Waals surface area contributed by atoms with Crippen molar-refractivity contribution in [2.45, 2.75) is 26.2 Å². The van der Waals surface area contributed by atoms with Crippen molar-refractivity contribution >= 4 is 5.96 Å². The van der Waals surface area contributed by atoms with Crippen molar-refractivity contribution in [3.8, 4) is 0 Å². The molecule has 0 fully saturated rings. The van der Waals surface area contributed by atoms with Crippen LogP contribution in [0.2, 0.25) is 0 Å². The maximum atomic E-state index is 5.29. The van der Waals surface area contributed by atoms with Gasteiger partial charge in [-0.3, -0.25) is 9.67 Å². The molecule has 114 valence electrons. The standard InChI is InChI=1S/C14H27N5O/c1-4-20-10-6-9-17-14(15-2)16-8-5-7-13-11-18-19(3)12-13/h11-12H,4-10H2,1-3H3,(H2,15,16,17). The molecular formula is C14H27N5O. The van der Waals surface area contributed by atoms with Crippen LogP contribution in [0.25, 0.3) is 0 Å². The molecule has 0 atom stereocenters. The van der Waals surface area contributed by atoms with Crippen molar-refractivity contribution in [2.24, 2.45) is 12.0 Å². The second kappa shape index (κ2) is 10.3. The molecule has 0 unspecified atom stereocenters. The van der Waals surface area contributed by atoms with E-state index in [9.17, 15) is 0 Å². The minimum Gasteiger partial charge on any atom is -0.382 e. The van der Waals surface area contributed by atoms with E-state index in [-0.39, 0.29) is 0 Å². The molecule has 1 aromatic rings. The van der Waals surface area contributed by atoms with Gasteiger partial charge in [0.2, 0.25) is 0 Å². The number of hydrogen-bond donors (Lipinski definition) is 2. The first-order valence-corrected chi connectivity index (χ1v) is 7.26. The van der Waals surface area contributed by atoms with Crippen LogP contribution in [0, 0.1) is 0 Å². The van der Waals surface area contributed by atoms with E-state index in [0.717, 1.165) is 51.5 Å². The number of nitrogens with zero attached hydrogens (tertiary/aromatic N) is 3. The Bertz CT molecular complexity index is 389. The molecule has 1 rings (SSSR count). The highest BCUT2D eigenvalue weighted by Gasteiger charge is 1.98. The van der Waals surface area contributed by atoms with Gasteiger partial charge in [0.05, 0.1) is 6.20 Å². The molecule has 0 radical (unpaired) electrons. The fourth-order valence-electron chi connectivity index (χ4n) is 1.85. The van der Waals surface area contributed by atoms with Crippen LogP contribution in [0.1, 0.15) is 25.3 Å². The van der Waals surface area contributed by atoms with Gasteiger partial charge in [0.15, 0.2) is 5.96 Å². The smallest absolute Gasteiger partial charge is 0.190 e.